The van der Waals surface area contributed by atoms with Crippen LogP contribution in [0.2, 0.25) is 0 Å². The Hall–Kier alpha value is -0.890. The van der Waals surface area contributed by atoms with Crippen molar-refractivity contribution in [3.05, 3.63) is 0 Å². The Labute approximate surface area is 157 Å². The topological polar surface area (TPSA) is 173 Å². The van der Waals surface area contributed by atoms with Crippen molar-refractivity contribution in [3.63, 3.8) is 0 Å². The van der Waals surface area contributed by atoms with E-state index in [1.807, 2.05) is 0 Å². The molecule has 0 aromatic heterocycles. The summed E-state index contributed by atoms with van der Waals surface area (Å²) in [7, 11) is 1.35. The van der Waals surface area contributed by atoms with Crippen molar-refractivity contribution in [2.45, 2.75) is 74.9 Å². The number of ether oxygens (including phenoxy) is 4. The lowest BCUT2D eigenvalue weighted by molar-refractivity contribution is -0.313. The number of hydrogen-bond donors (Lipinski definition) is 6. The predicted octanol–water partition coefficient (Wildman–Crippen LogP) is -3.56. The maximum atomic E-state index is 11.4. The maximum absolute atomic E-state index is 11.4. The summed E-state index contributed by atoms with van der Waals surface area (Å²) in [6.45, 7) is 2.06. The lowest BCUT2D eigenvalue weighted by Gasteiger charge is -2.47. The van der Waals surface area contributed by atoms with Gasteiger partial charge in [-0.15, -0.1) is 0 Å². The molecule has 27 heavy (non-hydrogen) atoms. The largest absolute Gasteiger partial charge is 0.394 e. The monoisotopic (exact) mass is 394 g/mol. The molecule has 2 saturated heterocycles. The standard InChI is InChI=1S/C16H30N2O9/c1-6-11(18-7(2)21)13(23)15(9(5-20)25-6)27-16-10(17)12(22)14(24-3)8(4-19)26-16/h6,8-16,19-20,22-23H,4-5,17H2,1-3H3,(H,18,21)/t6-,8?,9?,10?,11?,12-,13-,14-,15-,16+/m1/s1. The fraction of sp³-hybridized carbons (Fsp3) is 0.938. The molecule has 2 heterocycles. The normalized spacial score (nSPS) is 45.5. The molecular formula is C16H30N2O9. The van der Waals surface area contributed by atoms with E-state index in [0.717, 1.165) is 0 Å². The van der Waals surface area contributed by atoms with Gasteiger partial charge in [0, 0.05) is 14.0 Å². The van der Waals surface area contributed by atoms with E-state index in [9.17, 15) is 25.2 Å². The molecular weight excluding hydrogens is 364 g/mol. The summed E-state index contributed by atoms with van der Waals surface area (Å²) in [6, 6.07) is -1.82. The molecule has 0 aromatic carbocycles. The summed E-state index contributed by atoms with van der Waals surface area (Å²) in [6.07, 6.45) is -7.93. The lowest BCUT2D eigenvalue weighted by atomic mass is 9.92. The van der Waals surface area contributed by atoms with Crippen molar-refractivity contribution >= 4 is 5.91 Å². The number of carbonyl (C=O) groups excluding carboxylic acids is 1. The number of carbonyl (C=O) groups is 1. The van der Waals surface area contributed by atoms with Crippen LogP contribution < -0.4 is 11.1 Å². The molecule has 0 radical (unpaired) electrons. The Balaban J connectivity index is 2.17. The fourth-order valence-corrected chi connectivity index (χ4v) is 3.55. The second-order valence-electron chi connectivity index (χ2n) is 6.87. The summed E-state index contributed by atoms with van der Waals surface area (Å²) < 4.78 is 22.1. The van der Waals surface area contributed by atoms with Crippen molar-refractivity contribution in [1.29, 1.82) is 0 Å². The van der Waals surface area contributed by atoms with Crippen molar-refractivity contribution in [2.24, 2.45) is 5.73 Å². The Bertz CT molecular complexity index is 495. The molecule has 4 unspecified atom stereocenters. The van der Waals surface area contributed by atoms with Crippen molar-refractivity contribution in [3.8, 4) is 0 Å². The maximum Gasteiger partial charge on any atom is 0.217 e. The number of nitrogens with two attached hydrogens (primary N) is 1. The zero-order valence-corrected chi connectivity index (χ0v) is 15.6. The third-order valence-corrected chi connectivity index (χ3v) is 4.98. The van der Waals surface area contributed by atoms with Gasteiger partial charge in [-0.2, -0.15) is 0 Å². The Morgan fingerprint density at radius 2 is 1.70 bits per heavy atom. The number of aliphatic hydroxyl groups excluding tert-OH is 4. The first-order valence-corrected chi connectivity index (χ1v) is 8.84. The molecule has 2 aliphatic heterocycles. The third-order valence-electron chi connectivity index (χ3n) is 4.98. The summed E-state index contributed by atoms with van der Waals surface area (Å²) >= 11 is 0. The molecule has 0 aromatic rings. The van der Waals surface area contributed by atoms with E-state index in [2.05, 4.69) is 5.32 Å². The summed E-state index contributed by atoms with van der Waals surface area (Å²) in [5.74, 6) is -0.361. The highest BCUT2D eigenvalue weighted by Gasteiger charge is 2.49. The first-order valence-electron chi connectivity index (χ1n) is 8.84. The van der Waals surface area contributed by atoms with Crippen molar-refractivity contribution in [1.82, 2.24) is 5.32 Å². The van der Waals surface area contributed by atoms with Gasteiger partial charge >= 0.3 is 0 Å². The first-order chi connectivity index (χ1) is 12.7. The third kappa shape index (κ3) is 4.75. The number of nitrogens with one attached hydrogen (secondary N) is 1. The first kappa shape index (κ1) is 22.4. The van der Waals surface area contributed by atoms with Crippen LogP contribution in [0.1, 0.15) is 13.8 Å². The minimum atomic E-state index is -1.23. The van der Waals surface area contributed by atoms with Gasteiger partial charge < -0.3 is 50.4 Å². The van der Waals surface area contributed by atoms with Crippen LogP contribution in [0, 0.1) is 0 Å². The molecule has 10 atom stereocenters. The van der Waals surface area contributed by atoms with Crippen LogP contribution in [0.15, 0.2) is 0 Å². The summed E-state index contributed by atoms with van der Waals surface area (Å²) in [5.41, 5.74) is 5.98. The SMILES string of the molecule is CO[C@@H]1C(CO)O[C@@H](O[C@@H]2C(CO)O[C@H](C)C(NC(C)=O)[C@H]2O)C(N)[C@H]1O. The summed E-state index contributed by atoms with van der Waals surface area (Å²) in [5, 5.41) is 42.7. The molecule has 11 nitrogen and oxygen atoms in total. The zero-order chi connectivity index (χ0) is 20.3. The predicted molar refractivity (Wildman–Crippen MR) is 90.4 cm³/mol. The highest BCUT2D eigenvalue weighted by Crippen LogP contribution is 2.29. The second kappa shape index (κ2) is 9.54. The van der Waals surface area contributed by atoms with Gasteiger partial charge in [0.15, 0.2) is 6.29 Å². The molecule has 0 spiro atoms. The minimum Gasteiger partial charge on any atom is -0.394 e. The highest BCUT2D eigenvalue weighted by molar-refractivity contribution is 5.73. The van der Waals surface area contributed by atoms with Crippen molar-refractivity contribution < 1.29 is 44.2 Å². The molecule has 0 aliphatic carbocycles. The summed E-state index contributed by atoms with van der Waals surface area (Å²) in [4.78, 5) is 11.4. The average molecular weight is 394 g/mol. The van der Waals surface area contributed by atoms with Crippen LogP contribution in [-0.4, -0.2) is 108 Å². The molecule has 7 N–H and O–H groups in total. The molecule has 11 heteroatoms. The average Bonchev–Trinajstić information content (AvgIpc) is 2.63. The highest BCUT2D eigenvalue weighted by atomic mass is 16.7. The van der Waals surface area contributed by atoms with Crippen LogP contribution >= 0.6 is 0 Å². The number of hydrogen-bond acceptors (Lipinski definition) is 10. The lowest BCUT2D eigenvalue weighted by Crippen LogP contribution is -2.68. The van der Waals surface area contributed by atoms with E-state index in [1.165, 1.54) is 14.0 Å². The van der Waals surface area contributed by atoms with E-state index in [1.54, 1.807) is 6.92 Å². The number of methoxy groups -OCH3 is 1. The molecule has 2 aliphatic rings. The Kier molecular flexibility index (Phi) is 7.92. The van der Waals surface area contributed by atoms with Crippen LogP contribution in [0.3, 0.4) is 0 Å². The van der Waals surface area contributed by atoms with Gasteiger partial charge in [0.25, 0.3) is 0 Å². The molecule has 2 rings (SSSR count). The minimum absolute atomic E-state index is 0.361. The van der Waals surface area contributed by atoms with Crippen LogP contribution in [-0.2, 0) is 23.7 Å². The zero-order valence-electron chi connectivity index (χ0n) is 15.6. The van der Waals surface area contributed by atoms with Crippen LogP contribution in [0.25, 0.3) is 0 Å². The Morgan fingerprint density at radius 3 is 2.22 bits per heavy atom. The van der Waals surface area contributed by atoms with Crippen molar-refractivity contribution in [2.75, 3.05) is 20.3 Å². The van der Waals surface area contributed by atoms with E-state index in [0.29, 0.717) is 0 Å². The number of rotatable bonds is 6. The van der Waals surface area contributed by atoms with Gasteiger partial charge in [0.1, 0.15) is 36.6 Å². The van der Waals surface area contributed by atoms with Gasteiger partial charge in [-0.3, -0.25) is 4.79 Å². The molecule has 158 valence electrons. The second-order valence-corrected chi connectivity index (χ2v) is 6.87. The number of aliphatic hydroxyl groups is 4. The number of amides is 1. The van der Waals surface area contributed by atoms with Crippen LogP contribution in [0.5, 0.6) is 0 Å². The van der Waals surface area contributed by atoms with Gasteiger partial charge in [0.05, 0.1) is 31.4 Å². The van der Waals surface area contributed by atoms with E-state index in [-0.39, 0.29) is 5.91 Å². The van der Waals surface area contributed by atoms with Gasteiger partial charge in [-0.1, -0.05) is 0 Å². The van der Waals surface area contributed by atoms with E-state index < -0.39 is 74.3 Å². The molecule has 0 bridgehead atoms. The van der Waals surface area contributed by atoms with E-state index >= 15 is 0 Å². The van der Waals surface area contributed by atoms with Gasteiger partial charge in [0.2, 0.25) is 5.91 Å². The van der Waals surface area contributed by atoms with Gasteiger partial charge in [-0.25, -0.2) is 0 Å². The van der Waals surface area contributed by atoms with Crippen LogP contribution in [0.4, 0.5) is 0 Å². The molecule has 0 saturated carbocycles. The Morgan fingerprint density at radius 1 is 1.11 bits per heavy atom. The smallest absolute Gasteiger partial charge is 0.217 e. The van der Waals surface area contributed by atoms with Gasteiger partial charge in [-0.05, 0) is 6.92 Å². The fourth-order valence-electron chi connectivity index (χ4n) is 3.55. The molecule has 1 amide bonds. The molecule has 2 fully saturated rings. The van der Waals surface area contributed by atoms with E-state index in [4.69, 9.17) is 24.7 Å². The quantitative estimate of drug-likeness (QED) is 0.265.